The van der Waals surface area contributed by atoms with Crippen LogP contribution in [0.2, 0.25) is 0 Å². The molecule has 0 bridgehead atoms. The maximum absolute atomic E-state index is 8.61. The minimum absolute atomic E-state index is 0.336. The summed E-state index contributed by atoms with van der Waals surface area (Å²) in [7, 11) is 1.77. The maximum atomic E-state index is 8.61. The summed E-state index contributed by atoms with van der Waals surface area (Å²) in [4.78, 5) is 0. The number of methoxy groups -OCH3 is 1. The van der Waals surface area contributed by atoms with Gasteiger partial charge in [0.25, 0.3) is 0 Å². The monoisotopic (exact) mass is 188 g/mol. The molecule has 0 aromatic rings. The Morgan fingerprint density at radius 1 is 1.15 bits per heavy atom. The van der Waals surface area contributed by atoms with Crippen LogP contribution in [0.5, 0.6) is 0 Å². The first-order valence-electron chi connectivity index (χ1n) is 5.45. The third-order valence-electron chi connectivity index (χ3n) is 2.37. The van der Waals surface area contributed by atoms with Crippen molar-refractivity contribution in [3.8, 4) is 0 Å². The number of aliphatic hydroxyl groups excluding tert-OH is 1. The molecule has 13 heavy (non-hydrogen) atoms. The summed E-state index contributed by atoms with van der Waals surface area (Å²) in [5.41, 5.74) is 0. The van der Waals surface area contributed by atoms with Crippen LogP contribution in [-0.2, 0) is 4.74 Å². The zero-order chi connectivity index (χ0) is 9.94. The zero-order valence-corrected chi connectivity index (χ0v) is 9.09. The van der Waals surface area contributed by atoms with Crippen LogP contribution < -0.4 is 0 Å². The van der Waals surface area contributed by atoms with Crippen molar-refractivity contribution in [3.05, 3.63) is 0 Å². The van der Waals surface area contributed by atoms with Crippen molar-refractivity contribution in [1.29, 1.82) is 0 Å². The Morgan fingerprint density at radius 2 is 1.92 bits per heavy atom. The molecule has 0 saturated heterocycles. The lowest BCUT2D eigenvalue weighted by Gasteiger charge is -2.14. The van der Waals surface area contributed by atoms with Crippen molar-refractivity contribution >= 4 is 0 Å². The number of ether oxygens (including phenoxy) is 1. The third-order valence-corrected chi connectivity index (χ3v) is 2.37. The second-order valence-electron chi connectivity index (χ2n) is 3.68. The Morgan fingerprint density at radius 3 is 2.46 bits per heavy atom. The van der Waals surface area contributed by atoms with Crippen LogP contribution in [0.1, 0.15) is 45.4 Å². The molecular weight excluding hydrogens is 164 g/mol. The van der Waals surface area contributed by atoms with Crippen LogP contribution in [0.25, 0.3) is 0 Å². The number of hydrogen-bond donors (Lipinski definition) is 1. The molecule has 0 heterocycles. The van der Waals surface area contributed by atoms with E-state index in [4.69, 9.17) is 9.84 Å². The molecule has 0 aromatic heterocycles. The minimum Gasteiger partial charge on any atom is -0.396 e. The summed E-state index contributed by atoms with van der Waals surface area (Å²) in [6.45, 7) is 3.45. The van der Waals surface area contributed by atoms with E-state index in [1.807, 2.05) is 0 Å². The predicted molar refractivity (Wildman–Crippen MR) is 55.8 cm³/mol. The van der Waals surface area contributed by atoms with Gasteiger partial charge < -0.3 is 9.84 Å². The van der Waals surface area contributed by atoms with Gasteiger partial charge in [0, 0.05) is 20.3 Å². The molecule has 2 nitrogen and oxygen atoms in total. The van der Waals surface area contributed by atoms with Crippen molar-refractivity contribution < 1.29 is 9.84 Å². The zero-order valence-electron chi connectivity index (χ0n) is 9.09. The van der Waals surface area contributed by atoms with Crippen molar-refractivity contribution in [1.82, 2.24) is 0 Å². The minimum atomic E-state index is 0.336. The SMILES string of the molecule is CCC[C@@H](CCCCCO)COC. The highest BCUT2D eigenvalue weighted by molar-refractivity contribution is 4.58. The highest BCUT2D eigenvalue weighted by Gasteiger charge is 2.06. The summed E-state index contributed by atoms with van der Waals surface area (Å²) in [6.07, 6.45) is 7.10. The van der Waals surface area contributed by atoms with Crippen LogP contribution in [0.15, 0.2) is 0 Å². The van der Waals surface area contributed by atoms with Gasteiger partial charge in [-0.25, -0.2) is 0 Å². The van der Waals surface area contributed by atoms with E-state index in [1.54, 1.807) is 7.11 Å². The fourth-order valence-electron chi connectivity index (χ4n) is 1.68. The van der Waals surface area contributed by atoms with Crippen LogP contribution >= 0.6 is 0 Å². The number of rotatable bonds is 9. The maximum Gasteiger partial charge on any atom is 0.0490 e. The lowest BCUT2D eigenvalue weighted by molar-refractivity contribution is 0.140. The van der Waals surface area contributed by atoms with Crippen molar-refractivity contribution in [2.24, 2.45) is 5.92 Å². The molecule has 0 fully saturated rings. The molecule has 0 aliphatic heterocycles. The Bertz CT molecular complexity index is 88.1. The molecule has 0 unspecified atom stereocenters. The molecule has 0 radical (unpaired) electrons. The topological polar surface area (TPSA) is 29.5 Å². The van der Waals surface area contributed by atoms with Crippen LogP contribution in [0.4, 0.5) is 0 Å². The predicted octanol–water partition coefficient (Wildman–Crippen LogP) is 2.60. The molecule has 2 heteroatoms. The first kappa shape index (κ1) is 12.9. The molecule has 0 aliphatic carbocycles. The molecule has 0 spiro atoms. The Balaban J connectivity index is 3.33. The van der Waals surface area contributed by atoms with Gasteiger partial charge in [0.2, 0.25) is 0 Å². The van der Waals surface area contributed by atoms with Gasteiger partial charge in [0.15, 0.2) is 0 Å². The fourth-order valence-corrected chi connectivity index (χ4v) is 1.68. The summed E-state index contributed by atoms with van der Waals surface area (Å²) in [5.74, 6) is 0.730. The number of hydrogen-bond acceptors (Lipinski definition) is 2. The second-order valence-corrected chi connectivity index (χ2v) is 3.68. The Hall–Kier alpha value is -0.0800. The normalized spacial score (nSPS) is 13.2. The van der Waals surface area contributed by atoms with Crippen molar-refractivity contribution in [3.63, 3.8) is 0 Å². The summed E-state index contributed by atoms with van der Waals surface area (Å²) >= 11 is 0. The Labute approximate surface area is 82.3 Å². The largest absolute Gasteiger partial charge is 0.396 e. The number of aliphatic hydroxyl groups is 1. The van der Waals surface area contributed by atoms with E-state index in [-0.39, 0.29) is 0 Å². The first-order valence-corrected chi connectivity index (χ1v) is 5.45. The van der Waals surface area contributed by atoms with Gasteiger partial charge in [0.05, 0.1) is 0 Å². The molecule has 0 rings (SSSR count). The molecule has 1 atom stereocenters. The summed E-state index contributed by atoms with van der Waals surface area (Å²) in [6, 6.07) is 0. The molecule has 0 aliphatic rings. The smallest absolute Gasteiger partial charge is 0.0490 e. The van der Waals surface area contributed by atoms with Crippen LogP contribution in [-0.4, -0.2) is 25.4 Å². The van der Waals surface area contributed by atoms with Crippen LogP contribution in [0, 0.1) is 5.92 Å². The average Bonchev–Trinajstić information content (AvgIpc) is 2.13. The highest BCUT2D eigenvalue weighted by atomic mass is 16.5. The van der Waals surface area contributed by atoms with Gasteiger partial charge in [0.1, 0.15) is 0 Å². The first-order chi connectivity index (χ1) is 6.35. The lowest BCUT2D eigenvalue weighted by Crippen LogP contribution is -2.07. The van der Waals surface area contributed by atoms with Crippen LogP contribution in [0.3, 0.4) is 0 Å². The molecule has 80 valence electrons. The third kappa shape index (κ3) is 8.26. The van der Waals surface area contributed by atoms with E-state index in [2.05, 4.69) is 6.92 Å². The number of unbranched alkanes of at least 4 members (excludes halogenated alkanes) is 2. The van der Waals surface area contributed by atoms with Gasteiger partial charge in [-0.3, -0.25) is 0 Å². The second kappa shape index (κ2) is 10.0. The van der Waals surface area contributed by atoms with E-state index in [0.717, 1.165) is 25.4 Å². The van der Waals surface area contributed by atoms with E-state index >= 15 is 0 Å². The highest BCUT2D eigenvalue weighted by Crippen LogP contribution is 2.15. The van der Waals surface area contributed by atoms with Gasteiger partial charge in [-0.05, 0) is 25.2 Å². The molecule has 0 aromatic carbocycles. The Kier molecular flexibility index (Phi) is 9.94. The fraction of sp³-hybridized carbons (Fsp3) is 1.00. The van der Waals surface area contributed by atoms with E-state index in [0.29, 0.717) is 6.61 Å². The average molecular weight is 188 g/mol. The van der Waals surface area contributed by atoms with Gasteiger partial charge in [-0.2, -0.15) is 0 Å². The van der Waals surface area contributed by atoms with E-state index in [1.165, 1.54) is 25.7 Å². The van der Waals surface area contributed by atoms with Gasteiger partial charge in [-0.15, -0.1) is 0 Å². The van der Waals surface area contributed by atoms with E-state index in [9.17, 15) is 0 Å². The molecular formula is C11H24O2. The molecule has 0 amide bonds. The van der Waals surface area contributed by atoms with Gasteiger partial charge in [-0.1, -0.05) is 26.2 Å². The quantitative estimate of drug-likeness (QED) is 0.564. The lowest BCUT2D eigenvalue weighted by atomic mass is 9.97. The summed E-state index contributed by atoms with van der Waals surface area (Å²) in [5, 5.41) is 8.61. The van der Waals surface area contributed by atoms with Gasteiger partial charge >= 0.3 is 0 Å². The van der Waals surface area contributed by atoms with E-state index < -0.39 is 0 Å². The van der Waals surface area contributed by atoms with Crippen molar-refractivity contribution in [2.45, 2.75) is 45.4 Å². The van der Waals surface area contributed by atoms with Crippen molar-refractivity contribution in [2.75, 3.05) is 20.3 Å². The molecule has 1 N–H and O–H groups in total. The standard InChI is InChI=1S/C11H24O2/c1-3-7-11(10-13-2)8-5-4-6-9-12/h11-12H,3-10H2,1-2H3/t11-/m0/s1. The summed E-state index contributed by atoms with van der Waals surface area (Å²) < 4.78 is 5.16. The molecule has 0 saturated carbocycles.